The Morgan fingerprint density at radius 1 is 1.08 bits per heavy atom. The van der Waals surface area contributed by atoms with Gasteiger partial charge in [0.05, 0.1) is 4.90 Å². The van der Waals surface area contributed by atoms with Crippen molar-refractivity contribution in [2.45, 2.75) is 44.4 Å². The molecular formula is C18H26N2O3S. The van der Waals surface area contributed by atoms with Crippen LogP contribution in [-0.2, 0) is 10.0 Å². The third-order valence-electron chi connectivity index (χ3n) is 5.21. The molecule has 2 heterocycles. The standard InChI is InChI=1S/C18H26N2O3S/c1-14-7-11-20(12-8-14)24(22,23)16-6-5-15(2)17(13-16)18(21)19-9-3-4-10-19/h5-6,13-14H,3-4,7-12H2,1-2H3. The van der Waals surface area contributed by atoms with E-state index in [1.807, 2.05) is 11.8 Å². The summed E-state index contributed by atoms with van der Waals surface area (Å²) in [5, 5.41) is 0. The van der Waals surface area contributed by atoms with Gasteiger partial charge in [-0.15, -0.1) is 0 Å². The number of aryl methyl sites for hydroxylation is 1. The number of sulfonamides is 1. The van der Waals surface area contributed by atoms with E-state index in [4.69, 9.17) is 0 Å². The minimum Gasteiger partial charge on any atom is -0.339 e. The van der Waals surface area contributed by atoms with Gasteiger partial charge in [0, 0.05) is 31.7 Å². The Morgan fingerprint density at radius 3 is 2.33 bits per heavy atom. The molecule has 5 nitrogen and oxygen atoms in total. The number of carbonyl (C=O) groups is 1. The van der Waals surface area contributed by atoms with Crippen LogP contribution in [0.2, 0.25) is 0 Å². The van der Waals surface area contributed by atoms with Crippen LogP contribution >= 0.6 is 0 Å². The highest BCUT2D eigenvalue weighted by Crippen LogP contribution is 2.26. The fourth-order valence-corrected chi connectivity index (χ4v) is 4.95. The molecule has 6 heteroatoms. The smallest absolute Gasteiger partial charge is 0.254 e. The van der Waals surface area contributed by atoms with Gasteiger partial charge >= 0.3 is 0 Å². The maximum atomic E-state index is 12.9. The number of carbonyl (C=O) groups excluding carboxylic acids is 1. The SMILES string of the molecule is Cc1ccc(S(=O)(=O)N2CCC(C)CC2)cc1C(=O)N1CCCC1. The van der Waals surface area contributed by atoms with Crippen molar-refractivity contribution in [2.75, 3.05) is 26.2 Å². The molecule has 1 aromatic carbocycles. The molecule has 1 aromatic rings. The second kappa shape index (κ2) is 6.84. The molecule has 24 heavy (non-hydrogen) atoms. The van der Waals surface area contributed by atoms with E-state index in [0.29, 0.717) is 24.6 Å². The Morgan fingerprint density at radius 2 is 1.71 bits per heavy atom. The fourth-order valence-electron chi connectivity index (χ4n) is 3.46. The van der Waals surface area contributed by atoms with Gasteiger partial charge in [0.15, 0.2) is 0 Å². The van der Waals surface area contributed by atoms with Gasteiger partial charge in [-0.3, -0.25) is 4.79 Å². The molecule has 0 atom stereocenters. The third kappa shape index (κ3) is 3.35. The number of likely N-dealkylation sites (tertiary alicyclic amines) is 1. The van der Waals surface area contributed by atoms with E-state index >= 15 is 0 Å². The molecule has 1 amide bonds. The van der Waals surface area contributed by atoms with Crippen molar-refractivity contribution in [1.82, 2.24) is 9.21 Å². The number of hydrogen-bond donors (Lipinski definition) is 0. The lowest BCUT2D eigenvalue weighted by atomic mass is 10.0. The first kappa shape index (κ1) is 17.4. The van der Waals surface area contributed by atoms with Crippen molar-refractivity contribution in [3.05, 3.63) is 29.3 Å². The second-order valence-corrected chi connectivity index (χ2v) is 9.00. The van der Waals surface area contributed by atoms with Gasteiger partial charge in [-0.05, 0) is 56.2 Å². The predicted octanol–water partition coefficient (Wildman–Crippen LogP) is 2.65. The second-order valence-electron chi connectivity index (χ2n) is 7.06. The minimum atomic E-state index is -3.52. The summed E-state index contributed by atoms with van der Waals surface area (Å²) in [6, 6.07) is 4.95. The molecule has 0 aromatic heterocycles. The first-order valence-electron chi connectivity index (χ1n) is 8.79. The van der Waals surface area contributed by atoms with Crippen molar-refractivity contribution < 1.29 is 13.2 Å². The Kier molecular flexibility index (Phi) is 4.97. The lowest BCUT2D eigenvalue weighted by Crippen LogP contribution is -2.38. The Hall–Kier alpha value is -1.40. The number of rotatable bonds is 3. The van der Waals surface area contributed by atoms with Crippen LogP contribution in [0.5, 0.6) is 0 Å². The Balaban J connectivity index is 1.88. The number of piperidine rings is 1. The summed E-state index contributed by atoms with van der Waals surface area (Å²) in [4.78, 5) is 14.7. The molecule has 0 bridgehead atoms. The van der Waals surface area contributed by atoms with Gasteiger partial charge < -0.3 is 4.90 Å². The molecule has 2 aliphatic rings. The lowest BCUT2D eigenvalue weighted by molar-refractivity contribution is 0.0792. The van der Waals surface area contributed by atoms with Gasteiger partial charge in [0.25, 0.3) is 5.91 Å². The highest BCUT2D eigenvalue weighted by atomic mass is 32.2. The van der Waals surface area contributed by atoms with E-state index in [2.05, 4.69) is 6.92 Å². The van der Waals surface area contributed by atoms with Crippen molar-refractivity contribution in [1.29, 1.82) is 0 Å². The molecule has 0 aliphatic carbocycles. The molecule has 3 rings (SSSR count). The number of benzene rings is 1. The van der Waals surface area contributed by atoms with Crippen LogP contribution in [0, 0.1) is 12.8 Å². The molecular weight excluding hydrogens is 324 g/mol. The maximum Gasteiger partial charge on any atom is 0.254 e. The third-order valence-corrected chi connectivity index (χ3v) is 7.11. The van der Waals surface area contributed by atoms with Crippen LogP contribution in [-0.4, -0.2) is 49.7 Å². The van der Waals surface area contributed by atoms with E-state index in [-0.39, 0.29) is 10.8 Å². The summed E-state index contributed by atoms with van der Waals surface area (Å²) >= 11 is 0. The van der Waals surface area contributed by atoms with Gasteiger partial charge in [-0.1, -0.05) is 13.0 Å². The van der Waals surface area contributed by atoms with Crippen LogP contribution in [0.3, 0.4) is 0 Å². The molecule has 2 saturated heterocycles. The van der Waals surface area contributed by atoms with Crippen LogP contribution in [0.25, 0.3) is 0 Å². The lowest BCUT2D eigenvalue weighted by Gasteiger charge is -2.29. The number of hydrogen-bond acceptors (Lipinski definition) is 3. The van der Waals surface area contributed by atoms with Crippen molar-refractivity contribution in [3.63, 3.8) is 0 Å². The van der Waals surface area contributed by atoms with Crippen molar-refractivity contribution in [2.24, 2.45) is 5.92 Å². The topological polar surface area (TPSA) is 57.7 Å². The monoisotopic (exact) mass is 350 g/mol. The summed E-state index contributed by atoms with van der Waals surface area (Å²) in [5.41, 5.74) is 1.35. The van der Waals surface area contributed by atoms with Gasteiger partial charge in [0.2, 0.25) is 10.0 Å². The van der Waals surface area contributed by atoms with E-state index < -0.39 is 10.0 Å². The maximum absolute atomic E-state index is 12.9. The zero-order valence-corrected chi connectivity index (χ0v) is 15.3. The van der Waals surface area contributed by atoms with E-state index in [9.17, 15) is 13.2 Å². The highest BCUT2D eigenvalue weighted by Gasteiger charge is 2.29. The minimum absolute atomic E-state index is 0.0469. The van der Waals surface area contributed by atoms with E-state index in [0.717, 1.165) is 44.3 Å². The molecule has 132 valence electrons. The van der Waals surface area contributed by atoms with Gasteiger partial charge in [-0.2, -0.15) is 4.31 Å². The van der Waals surface area contributed by atoms with Crippen LogP contribution < -0.4 is 0 Å². The molecule has 0 radical (unpaired) electrons. The average Bonchev–Trinajstić information content (AvgIpc) is 3.09. The summed E-state index contributed by atoms with van der Waals surface area (Å²) in [7, 11) is -3.52. The van der Waals surface area contributed by atoms with Gasteiger partial charge in [-0.25, -0.2) is 8.42 Å². The van der Waals surface area contributed by atoms with Crippen LogP contribution in [0.15, 0.2) is 23.1 Å². The Labute approximate surface area is 144 Å². The quantitative estimate of drug-likeness (QED) is 0.842. The van der Waals surface area contributed by atoms with E-state index in [1.54, 1.807) is 22.5 Å². The van der Waals surface area contributed by atoms with Crippen molar-refractivity contribution >= 4 is 15.9 Å². The fraction of sp³-hybridized carbons (Fsp3) is 0.611. The highest BCUT2D eigenvalue weighted by molar-refractivity contribution is 7.89. The first-order chi connectivity index (χ1) is 11.4. The van der Waals surface area contributed by atoms with Crippen LogP contribution in [0.1, 0.15) is 48.5 Å². The molecule has 2 aliphatic heterocycles. The number of amides is 1. The molecule has 0 saturated carbocycles. The van der Waals surface area contributed by atoms with Crippen molar-refractivity contribution in [3.8, 4) is 0 Å². The summed E-state index contributed by atoms with van der Waals surface area (Å²) in [5.74, 6) is 0.524. The normalized spacial score (nSPS) is 20.5. The summed E-state index contributed by atoms with van der Waals surface area (Å²) in [6.07, 6.45) is 3.83. The summed E-state index contributed by atoms with van der Waals surface area (Å²) in [6.45, 7) is 6.67. The molecule has 0 N–H and O–H groups in total. The molecule has 0 spiro atoms. The largest absolute Gasteiger partial charge is 0.339 e. The van der Waals surface area contributed by atoms with Gasteiger partial charge in [0.1, 0.15) is 0 Å². The zero-order chi connectivity index (χ0) is 17.3. The number of nitrogens with zero attached hydrogens (tertiary/aromatic N) is 2. The Bertz CT molecular complexity index is 716. The first-order valence-corrected chi connectivity index (χ1v) is 10.2. The predicted molar refractivity (Wildman–Crippen MR) is 93.5 cm³/mol. The molecule has 0 unspecified atom stereocenters. The van der Waals surface area contributed by atoms with E-state index in [1.165, 1.54) is 0 Å². The zero-order valence-electron chi connectivity index (χ0n) is 14.5. The summed E-state index contributed by atoms with van der Waals surface area (Å²) < 4.78 is 27.4. The molecule has 2 fully saturated rings. The van der Waals surface area contributed by atoms with Crippen LogP contribution in [0.4, 0.5) is 0 Å². The average molecular weight is 350 g/mol.